The van der Waals surface area contributed by atoms with Crippen LogP contribution in [0.3, 0.4) is 0 Å². The van der Waals surface area contributed by atoms with Gasteiger partial charge in [0, 0.05) is 47.0 Å². The van der Waals surface area contributed by atoms with Crippen LogP contribution in [0, 0.1) is 6.92 Å². The Balaban J connectivity index is 1.63. The van der Waals surface area contributed by atoms with Crippen molar-refractivity contribution in [1.82, 2.24) is 10.2 Å². The summed E-state index contributed by atoms with van der Waals surface area (Å²) < 4.78 is 26.9. The van der Waals surface area contributed by atoms with Crippen LogP contribution in [-0.2, 0) is 32.6 Å². The highest BCUT2D eigenvalue weighted by Gasteiger charge is 2.32. The fourth-order valence-corrected chi connectivity index (χ4v) is 7.43. The number of nitrogens with zero attached hydrogens (tertiary/aromatic N) is 2. The molecule has 0 heterocycles. The Morgan fingerprint density at radius 1 is 0.933 bits per heavy atom. The lowest BCUT2D eigenvalue weighted by Gasteiger charge is -2.34. The van der Waals surface area contributed by atoms with Crippen molar-refractivity contribution in [3.63, 3.8) is 0 Å². The van der Waals surface area contributed by atoms with Crippen LogP contribution in [0.2, 0.25) is 15.1 Å². The van der Waals surface area contributed by atoms with Crippen LogP contribution >= 0.6 is 34.8 Å². The van der Waals surface area contributed by atoms with Crippen LogP contribution in [0.15, 0.2) is 66.7 Å². The summed E-state index contributed by atoms with van der Waals surface area (Å²) in [4.78, 5) is 29.7. The van der Waals surface area contributed by atoms with E-state index in [0.29, 0.717) is 38.3 Å². The molecule has 0 unspecified atom stereocenters. The second-order valence-electron chi connectivity index (χ2n) is 11.6. The van der Waals surface area contributed by atoms with E-state index in [9.17, 15) is 18.0 Å². The first-order valence-corrected chi connectivity index (χ1v) is 18.2. The number of carbonyl (C=O) groups excluding carboxylic acids is 2. The van der Waals surface area contributed by atoms with E-state index in [1.54, 1.807) is 48.2 Å². The van der Waals surface area contributed by atoms with Gasteiger partial charge in [-0.25, -0.2) is 8.42 Å². The van der Waals surface area contributed by atoms with E-state index in [0.717, 1.165) is 43.9 Å². The molecule has 1 aliphatic rings. The maximum atomic E-state index is 14.1. The van der Waals surface area contributed by atoms with Crippen molar-refractivity contribution < 1.29 is 18.0 Å². The number of sulfonamides is 1. The molecule has 1 fully saturated rings. The van der Waals surface area contributed by atoms with Crippen molar-refractivity contribution in [2.24, 2.45) is 0 Å². The van der Waals surface area contributed by atoms with E-state index in [1.807, 2.05) is 30.3 Å². The predicted molar refractivity (Wildman–Crippen MR) is 184 cm³/mol. The highest BCUT2D eigenvalue weighted by molar-refractivity contribution is 7.92. The summed E-state index contributed by atoms with van der Waals surface area (Å²) in [6.07, 6.45) is 6.77. The highest BCUT2D eigenvalue weighted by Crippen LogP contribution is 2.29. The monoisotopic (exact) mass is 691 g/mol. The van der Waals surface area contributed by atoms with Gasteiger partial charge in [-0.05, 0) is 67.1 Å². The zero-order valence-electron chi connectivity index (χ0n) is 25.6. The fourth-order valence-electron chi connectivity index (χ4n) is 5.78. The highest BCUT2D eigenvalue weighted by atomic mass is 35.5. The van der Waals surface area contributed by atoms with Gasteiger partial charge in [0.05, 0.1) is 11.9 Å². The van der Waals surface area contributed by atoms with Gasteiger partial charge in [-0.3, -0.25) is 13.9 Å². The Kier molecular flexibility index (Phi) is 12.6. The molecule has 11 heteroatoms. The van der Waals surface area contributed by atoms with Gasteiger partial charge in [-0.2, -0.15) is 0 Å². The fraction of sp³-hybridized carbons (Fsp3) is 0.412. The largest absolute Gasteiger partial charge is 0.352 e. The number of halogens is 3. The van der Waals surface area contributed by atoms with Gasteiger partial charge in [0.1, 0.15) is 6.04 Å². The van der Waals surface area contributed by atoms with Crippen LogP contribution in [0.1, 0.15) is 61.6 Å². The third-order valence-electron chi connectivity index (χ3n) is 8.24. The molecule has 1 saturated carbocycles. The Bertz CT molecular complexity index is 1580. The van der Waals surface area contributed by atoms with Gasteiger partial charge >= 0.3 is 0 Å². The zero-order valence-corrected chi connectivity index (χ0v) is 28.7. The zero-order chi connectivity index (χ0) is 32.6. The number of benzene rings is 3. The van der Waals surface area contributed by atoms with E-state index in [2.05, 4.69) is 5.32 Å². The van der Waals surface area contributed by atoms with Gasteiger partial charge in [0.15, 0.2) is 0 Å². The third kappa shape index (κ3) is 9.85. The van der Waals surface area contributed by atoms with Gasteiger partial charge in [0.2, 0.25) is 21.8 Å². The summed E-state index contributed by atoms with van der Waals surface area (Å²) in [5.41, 5.74) is 2.68. The van der Waals surface area contributed by atoms with Crippen LogP contribution in [0.4, 0.5) is 5.69 Å². The van der Waals surface area contributed by atoms with Crippen molar-refractivity contribution in [3.8, 4) is 0 Å². The molecule has 0 bridgehead atoms. The van der Waals surface area contributed by atoms with Crippen LogP contribution in [-0.4, -0.2) is 50.0 Å². The van der Waals surface area contributed by atoms with Crippen molar-refractivity contribution in [2.75, 3.05) is 17.1 Å². The van der Waals surface area contributed by atoms with E-state index < -0.39 is 16.1 Å². The predicted octanol–water partition coefficient (Wildman–Crippen LogP) is 7.59. The van der Waals surface area contributed by atoms with Crippen LogP contribution in [0.25, 0.3) is 0 Å². The van der Waals surface area contributed by atoms with E-state index >= 15 is 0 Å². The molecule has 0 aromatic heterocycles. The van der Waals surface area contributed by atoms with E-state index in [4.69, 9.17) is 34.8 Å². The van der Waals surface area contributed by atoms with Crippen molar-refractivity contribution in [3.05, 3.63) is 98.5 Å². The van der Waals surface area contributed by atoms with Crippen molar-refractivity contribution in [1.29, 1.82) is 0 Å². The Morgan fingerprint density at radius 2 is 1.64 bits per heavy atom. The molecule has 45 heavy (non-hydrogen) atoms. The quantitative estimate of drug-likeness (QED) is 0.200. The molecule has 0 radical (unpaired) electrons. The van der Waals surface area contributed by atoms with Gasteiger partial charge < -0.3 is 10.2 Å². The molecule has 3 aromatic carbocycles. The lowest BCUT2D eigenvalue weighted by atomic mass is 9.94. The molecule has 0 saturated heterocycles. The summed E-state index contributed by atoms with van der Waals surface area (Å²) in [5, 5.41) is 4.54. The standard InChI is InChI=1S/C34H40Cl3N3O4S/c1-24-29(36)15-9-16-31(24)40(45(2,43)44)20-10-17-33(41)39(23-26-18-19-27(35)22-30(26)37)32(21-25-11-5-3-6-12-25)34(42)38-28-13-7-4-8-14-28/h3,5-6,9,11-12,15-16,18-19,22,28,32H,4,7-8,10,13-14,17,20-21,23H2,1-2H3,(H,38,42)/t32-/m1/s1. The lowest BCUT2D eigenvalue weighted by Crippen LogP contribution is -2.53. The summed E-state index contributed by atoms with van der Waals surface area (Å²) in [6, 6.07) is 19.0. The average molecular weight is 693 g/mol. The van der Waals surface area contributed by atoms with Crippen molar-refractivity contribution >= 4 is 62.3 Å². The third-order valence-corrected chi connectivity index (χ3v) is 10.4. The Labute approximate surface area is 281 Å². The normalized spacial score (nSPS) is 14.5. The summed E-state index contributed by atoms with van der Waals surface area (Å²) in [7, 11) is -3.66. The molecule has 7 nitrogen and oxygen atoms in total. The number of anilines is 1. The number of rotatable bonds is 13. The van der Waals surface area contributed by atoms with Crippen LogP contribution in [0.5, 0.6) is 0 Å². The molecule has 1 aliphatic carbocycles. The summed E-state index contributed by atoms with van der Waals surface area (Å²) in [5.74, 6) is -0.492. The first kappa shape index (κ1) is 35.1. The van der Waals surface area contributed by atoms with Crippen LogP contribution < -0.4 is 9.62 Å². The minimum atomic E-state index is -3.66. The molecule has 242 valence electrons. The molecule has 1 N–H and O–H groups in total. The second-order valence-corrected chi connectivity index (χ2v) is 14.8. The molecule has 4 rings (SSSR count). The molecule has 2 amide bonds. The Morgan fingerprint density at radius 3 is 2.31 bits per heavy atom. The lowest BCUT2D eigenvalue weighted by molar-refractivity contribution is -0.141. The topological polar surface area (TPSA) is 86.8 Å². The molecule has 1 atom stereocenters. The number of hydrogen-bond acceptors (Lipinski definition) is 4. The number of hydrogen-bond donors (Lipinski definition) is 1. The molecule has 3 aromatic rings. The average Bonchev–Trinajstić information content (AvgIpc) is 3.00. The number of nitrogens with one attached hydrogen (secondary N) is 1. The molecular formula is C34H40Cl3N3O4S. The Hall–Kier alpha value is -2.78. The van der Waals surface area contributed by atoms with E-state index in [-0.39, 0.29) is 43.8 Å². The maximum absolute atomic E-state index is 14.1. The smallest absolute Gasteiger partial charge is 0.243 e. The molecule has 0 spiro atoms. The minimum absolute atomic E-state index is 0.0127. The number of carbonyl (C=O) groups is 2. The molecule has 0 aliphatic heterocycles. The van der Waals surface area contributed by atoms with Gasteiger partial charge in [-0.15, -0.1) is 0 Å². The first-order chi connectivity index (χ1) is 21.4. The second kappa shape index (κ2) is 16.2. The summed E-state index contributed by atoms with van der Waals surface area (Å²) in [6.45, 7) is 1.92. The van der Waals surface area contributed by atoms with Crippen molar-refractivity contribution in [2.45, 2.75) is 76.9 Å². The molecular weight excluding hydrogens is 653 g/mol. The summed E-state index contributed by atoms with van der Waals surface area (Å²) >= 11 is 19.0. The maximum Gasteiger partial charge on any atom is 0.243 e. The SMILES string of the molecule is Cc1c(Cl)cccc1N(CCCC(=O)N(Cc1ccc(Cl)cc1Cl)[C@H](Cc1ccccc1)C(=O)NC1CCCCC1)S(C)(=O)=O. The van der Waals surface area contributed by atoms with Gasteiger partial charge in [0.25, 0.3) is 0 Å². The van der Waals surface area contributed by atoms with Gasteiger partial charge in [-0.1, -0.05) is 96.5 Å². The first-order valence-electron chi connectivity index (χ1n) is 15.2. The minimum Gasteiger partial charge on any atom is -0.352 e. The number of amides is 2. The van der Waals surface area contributed by atoms with E-state index in [1.165, 1.54) is 4.31 Å².